The van der Waals surface area contributed by atoms with Gasteiger partial charge in [0.1, 0.15) is 0 Å². The van der Waals surface area contributed by atoms with Gasteiger partial charge in [-0.2, -0.15) is 5.26 Å². The highest BCUT2D eigenvalue weighted by Crippen LogP contribution is 2.35. The molecule has 102 valence electrons. The highest BCUT2D eigenvalue weighted by atomic mass is 19.3. The first-order valence-corrected chi connectivity index (χ1v) is 6.52. The molecule has 1 fully saturated rings. The summed E-state index contributed by atoms with van der Waals surface area (Å²) in [5.74, 6) is -2.67. The van der Waals surface area contributed by atoms with Crippen molar-refractivity contribution in [3.8, 4) is 6.07 Å². The normalized spacial score (nSPS) is 19.9. The van der Waals surface area contributed by atoms with Gasteiger partial charge in [0, 0.05) is 20.0 Å². The van der Waals surface area contributed by atoms with Gasteiger partial charge in [0.15, 0.2) is 0 Å². The Hall–Kier alpha value is -1.47. The molecular formula is C15H18F2N2. The minimum absolute atomic E-state index is 0.219. The highest BCUT2D eigenvalue weighted by molar-refractivity contribution is 5.33. The number of nitrogens with zero attached hydrogens (tertiary/aromatic N) is 2. The Morgan fingerprint density at radius 3 is 2.32 bits per heavy atom. The largest absolute Gasteiger partial charge is 0.297 e. The maximum absolute atomic E-state index is 13.0. The summed E-state index contributed by atoms with van der Waals surface area (Å²) in [6.45, 7) is 1.82. The van der Waals surface area contributed by atoms with E-state index < -0.39 is 11.3 Å². The standard InChI is InChI=1S/C15H18F2N2/c1-14(16,17)12-19-9-7-15(11-18,8-10-19)13-5-3-2-4-6-13/h2-6H,7-10,12H2,1H3. The van der Waals surface area contributed by atoms with Crippen molar-refractivity contribution < 1.29 is 8.78 Å². The lowest BCUT2D eigenvalue weighted by Gasteiger charge is -2.38. The first kappa shape index (κ1) is 14.0. The number of halogens is 2. The average molecular weight is 264 g/mol. The summed E-state index contributed by atoms with van der Waals surface area (Å²) in [4.78, 5) is 1.75. The van der Waals surface area contributed by atoms with Crippen LogP contribution in [0.15, 0.2) is 30.3 Å². The van der Waals surface area contributed by atoms with Gasteiger partial charge in [-0.05, 0) is 18.4 Å². The van der Waals surface area contributed by atoms with E-state index >= 15 is 0 Å². The Morgan fingerprint density at radius 1 is 1.26 bits per heavy atom. The van der Waals surface area contributed by atoms with Crippen molar-refractivity contribution in [3.05, 3.63) is 35.9 Å². The molecule has 1 aromatic carbocycles. The first-order valence-electron chi connectivity index (χ1n) is 6.52. The van der Waals surface area contributed by atoms with E-state index in [9.17, 15) is 14.0 Å². The average Bonchev–Trinajstić information content (AvgIpc) is 2.39. The molecular weight excluding hydrogens is 246 g/mol. The molecule has 2 nitrogen and oxygen atoms in total. The number of rotatable bonds is 3. The summed E-state index contributed by atoms with van der Waals surface area (Å²) in [6.07, 6.45) is 1.23. The quantitative estimate of drug-likeness (QED) is 0.838. The van der Waals surface area contributed by atoms with Crippen LogP contribution in [0.1, 0.15) is 25.3 Å². The zero-order valence-corrected chi connectivity index (χ0v) is 11.1. The van der Waals surface area contributed by atoms with Crippen LogP contribution in [0, 0.1) is 11.3 Å². The van der Waals surface area contributed by atoms with Gasteiger partial charge in [-0.25, -0.2) is 8.78 Å². The van der Waals surface area contributed by atoms with E-state index in [2.05, 4.69) is 6.07 Å². The van der Waals surface area contributed by atoms with Gasteiger partial charge in [-0.15, -0.1) is 0 Å². The van der Waals surface area contributed by atoms with Crippen LogP contribution in [-0.2, 0) is 5.41 Å². The topological polar surface area (TPSA) is 27.0 Å². The number of piperidine rings is 1. The molecule has 0 N–H and O–H groups in total. The van der Waals surface area contributed by atoms with E-state index in [0.29, 0.717) is 25.9 Å². The molecule has 0 radical (unpaired) electrons. The molecule has 1 aliphatic rings. The van der Waals surface area contributed by atoms with Crippen LogP contribution in [0.4, 0.5) is 8.78 Å². The summed E-state index contributed by atoms with van der Waals surface area (Å²) in [6, 6.07) is 12.1. The zero-order valence-electron chi connectivity index (χ0n) is 11.1. The molecule has 2 rings (SSSR count). The number of hydrogen-bond acceptors (Lipinski definition) is 2. The Bertz CT molecular complexity index is 451. The molecule has 1 saturated heterocycles. The van der Waals surface area contributed by atoms with Crippen LogP contribution < -0.4 is 0 Å². The Kier molecular flexibility index (Phi) is 3.86. The van der Waals surface area contributed by atoms with Crippen LogP contribution in [0.2, 0.25) is 0 Å². The third-order valence-electron chi connectivity index (χ3n) is 3.75. The summed E-state index contributed by atoms with van der Waals surface area (Å²) in [5.41, 5.74) is 0.487. The van der Waals surface area contributed by atoms with Crippen molar-refractivity contribution >= 4 is 0 Å². The zero-order chi connectivity index (χ0) is 13.9. The third-order valence-corrected chi connectivity index (χ3v) is 3.75. The van der Waals surface area contributed by atoms with Crippen molar-refractivity contribution in [1.29, 1.82) is 5.26 Å². The molecule has 1 heterocycles. The SMILES string of the molecule is CC(F)(F)CN1CCC(C#N)(c2ccccc2)CC1. The van der Waals surface area contributed by atoms with Gasteiger partial charge in [0.25, 0.3) is 5.92 Å². The number of hydrogen-bond donors (Lipinski definition) is 0. The maximum atomic E-state index is 13.0. The van der Waals surface area contributed by atoms with Crippen molar-refractivity contribution in [3.63, 3.8) is 0 Å². The predicted octanol–water partition coefficient (Wildman–Crippen LogP) is 3.20. The van der Waals surface area contributed by atoms with Crippen LogP contribution >= 0.6 is 0 Å². The predicted molar refractivity (Wildman–Crippen MR) is 70.0 cm³/mol. The Morgan fingerprint density at radius 2 is 1.84 bits per heavy atom. The van der Waals surface area contributed by atoms with Gasteiger partial charge in [-0.1, -0.05) is 30.3 Å². The number of benzene rings is 1. The van der Waals surface area contributed by atoms with E-state index in [1.54, 1.807) is 4.90 Å². The molecule has 0 saturated carbocycles. The number of nitriles is 1. The molecule has 0 aromatic heterocycles. The third kappa shape index (κ3) is 3.30. The van der Waals surface area contributed by atoms with Gasteiger partial charge < -0.3 is 0 Å². The van der Waals surface area contributed by atoms with Crippen molar-refractivity contribution in [2.45, 2.75) is 31.1 Å². The molecule has 0 aliphatic carbocycles. The van der Waals surface area contributed by atoms with Gasteiger partial charge in [0.05, 0.1) is 18.0 Å². The summed E-state index contributed by atoms with van der Waals surface area (Å²) < 4.78 is 26.0. The second-order valence-corrected chi connectivity index (χ2v) is 5.41. The first-order chi connectivity index (χ1) is 8.95. The molecule has 0 spiro atoms. The fraction of sp³-hybridized carbons (Fsp3) is 0.533. The lowest BCUT2D eigenvalue weighted by Crippen LogP contribution is -2.45. The second-order valence-electron chi connectivity index (χ2n) is 5.41. The number of likely N-dealkylation sites (tertiary alicyclic amines) is 1. The minimum Gasteiger partial charge on any atom is -0.297 e. The molecule has 1 aromatic rings. The monoisotopic (exact) mass is 264 g/mol. The summed E-state index contributed by atoms with van der Waals surface area (Å²) >= 11 is 0. The van der Waals surface area contributed by atoms with E-state index in [0.717, 1.165) is 12.5 Å². The lowest BCUT2D eigenvalue weighted by molar-refractivity contribution is -0.0221. The van der Waals surface area contributed by atoms with Crippen LogP contribution in [0.3, 0.4) is 0 Å². The second kappa shape index (κ2) is 5.26. The van der Waals surface area contributed by atoms with Crippen molar-refractivity contribution in [1.82, 2.24) is 4.90 Å². The molecule has 0 atom stereocenters. The van der Waals surface area contributed by atoms with Gasteiger partial charge >= 0.3 is 0 Å². The Labute approximate surface area is 112 Å². The molecule has 0 amide bonds. The molecule has 0 bridgehead atoms. The highest BCUT2D eigenvalue weighted by Gasteiger charge is 2.38. The number of alkyl halides is 2. The van der Waals surface area contributed by atoms with Crippen LogP contribution in [-0.4, -0.2) is 30.5 Å². The maximum Gasteiger partial charge on any atom is 0.257 e. The minimum atomic E-state index is -2.67. The molecule has 0 unspecified atom stereocenters. The van der Waals surface area contributed by atoms with E-state index in [1.165, 1.54) is 0 Å². The molecule has 19 heavy (non-hydrogen) atoms. The fourth-order valence-electron chi connectivity index (χ4n) is 2.71. The lowest BCUT2D eigenvalue weighted by atomic mass is 9.74. The smallest absolute Gasteiger partial charge is 0.257 e. The van der Waals surface area contributed by atoms with E-state index in [1.807, 2.05) is 30.3 Å². The van der Waals surface area contributed by atoms with Crippen LogP contribution in [0.25, 0.3) is 0 Å². The Balaban J connectivity index is 2.07. The van der Waals surface area contributed by atoms with Gasteiger partial charge in [-0.3, -0.25) is 4.90 Å². The van der Waals surface area contributed by atoms with Crippen LogP contribution in [0.5, 0.6) is 0 Å². The summed E-state index contributed by atoms with van der Waals surface area (Å²) in [7, 11) is 0. The van der Waals surface area contributed by atoms with Crippen molar-refractivity contribution in [2.24, 2.45) is 0 Å². The van der Waals surface area contributed by atoms with Gasteiger partial charge in [0.2, 0.25) is 0 Å². The fourth-order valence-corrected chi connectivity index (χ4v) is 2.71. The summed E-state index contributed by atoms with van der Waals surface area (Å²) in [5, 5.41) is 9.50. The molecule has 4 heteroatoms. The van der Waals surface area contributed by atoms with Crippen molar-refractivity contribution in [2.75, 3.05) is 19.6 Å². The van der Waals surface area contributed by atoms with E-state index in [-0.39, 0.29) is 6.54 Å². The molecule has 1 aliphatic heterocycles. The van der Waals surface area contributed by atoms with E-state index in [4.69, 9.17) is 0 Å².